The number of aliphatic carboxylic acids is 1. The quantitative estimate of drug-likeness (QED) is 0.607. The Morgan fingerprint density at radius 3 is 2.44 bits per heavy atom. The first kappa shape index (κ1) is 14.9. The van der Waals surface area contributed by atoms with Crippen molar-refractivity contribution in [2.24, 2.45) is 0 Å². The molecule has 0 saturated carbocycles. The Morgan fingerprint density at radius 1 is 1.44 bits per heavy atom. The molecule has 1 aliphatic heterocycles. The molecule has 0 radical (unpaired) electrons. The number of amides is 1. The molecule has 5 unspecified atom stereocenters. The fourth-order valence-electron chi connectivity index (χ4n) is 2.18. The summed E-state index contributed by atoms with van der Waals surface area (Å²) in [4.78, 5) is 22.2. The molecule has 104 valence electrons. The Morgan fingerprint density at radius 2 is 2.06 bits per heavy atom. The lowest BCUT2D eigenvalue weighted by Gasteiger charge is -2.42. The normalized spacial score (nSPS) is 36.1. The Hall–Kier alpha value is -1.18. The van der Waals surface area contributed by atoms with Gasteiger partial charge in [0.15, 0.2) is 6.10 Å². The van der Waals surface area contributed by atoms with E-state index in [1.165, 1.54) is 14.0 Å². The van der Waals surface area contributed by atoms with Gasteiger partial charge in [0.25, 0.3) is 0 Å². The van der Waals surface area contributed by atoms with Crippen molar-refractivity contribution in [1.29, 1.82) is 0 Å². The predicted molar refractivity (Wildman–Crippen MR) is 61.0 cm³/mol. The third kappa shape index (κ3) is 2.98. The average Bonchev–Trinajstić information content (AvgIpc) is 2.30. The number of carbonyl (C=O) groups is 2. The van der Waals surface area contributed by atoms with Crippen molar-refractivity contribution in [3.05, 3.63) is 0 Å². The van der Waals surface area contributed by atoms with E-state index in [-0.39, 0.29) is 5.91 Å². The second kappa shape index (κ2) is 6.12. The molecule has 0 aromatic rings. The maximum atomic E-state index is 11.1. The molecular weight excluding hydrogens is 242 g/mol. The highest BCUT2D eigenvalue weighted by molar-refractivity contribution is 5.75. The maximum absolute atomic E-state index is 11.1. The van der Waals surface area contributed by atoms with Crippen LogP contribution in [0.4, 0.5) is 0 Å². The van der Waals surface area contributed by atoms with Crippen LogP contribution in [-0.2, 0) is 19.1 Å². The second-order valence-electron chi connectivity index (χ2n) is 4.26. The summed E-state index contributed by atoms with van der Waals surface area (Å²) in [6.45, 7) is 3.11. The van der Waals surface area contributed by atoms with Gasteiger partial charge in [-0.1, -0.05) is 6.92 Å². The van der Waals surface area contributed by atoms with E-state index < -0.39 is 36.4 Å². The van der Waals surface area contributed by atoms with Crippen LogP contribution in [-0.4, -0.2) is 59.7 Å². The second-order valence-corrected chi connectivity index (χ2v) is 4.26. The number of hydrogen-bond donors (Lipinski definition) is 3. The molecule has 7 nitrogen and oxygen atoms in total. The van der Waals surface area contributed by atoms with Gasteiger partial charge in [-0.2, -0.15) is 0 Å². The van der Waals surface area contributed by atoms with Crippen LogP contribution in [0.5, 0.6) is 0 Å². The number of rotatable bonds is 4. The summed E-state index contributed by atoms with van der Waals surface area (Å²) < 4.78 is 10.4. The molecule has 0 bridgehead atoms. The Balaban J connectivity index is 2.93. The smallest absolute Gasteiger partial charge is 0.335 e. The number of aliphatic hydroxyl groups excluding tert-OH is 1. The monoisotopic (exact) mass is 261 g/mol. The van der Waals surface area contributed by atoms with Gasteiger partial charge in [-0.05, 0) is 6.42 Å². The van der Waals surface area contributed by atoms with Gasteiger partial charge in [-0.3, -0.25) is 4.79 Å². The van der Waals surface area contributed by atoms with Gasteiger partial charge < -0.3 is 25.0 Å². The lowest BCUT2D eigenvalue weighted by Crippen LogP contribution is -2.65. The summed E-state index contributed by atoms with van der Waals surface area (Å²) in [5.41, 5.74) is 0. The first-order valence-corrected chi connectivity index (χ1v) is 5.78. The van der Waals surface area contributed by atoms with Crippen LogP contribution in [0.25, 0.3) is 0 Å². The zero-order valence-electron chi connectivity index (χ0n) is 10.6. The number of aliphatic hydroxyl groups is 1. The summed E-state index contributed by atoms with van der Waals surface area (Å²) in [7, 11) is 1.30. The predicted octanol–water partition coefficient (Wildman–Crippen LogP) is -0.871. The fourth-order valence-corrected chi connectivity index (χ4v) is 2.18. The molecule has 0 aliphatic carbocycles. The van der Waals surface area contributed by atoms with Gasteiger partial charge in [0, 0.05) is 14.0 Å². The molecule has 7 heteroatoms. The number of ether oxygens (including phenoxy) is 2. The van der Waals surface area contributed by atoms with Gasteiger partial charge in [-0.15, -0.1) is 0 Å². The van der Waals surface area contributed by atoms with Crippen molar-refractivity contribution in [3.63, 3.8) is 0 Å². The van der Waals surface area contributed by atoms with Crippen molar-refractivity contribution < 1.29 is 29.3 Å². The average molecular weight is 261 g/mol. The highest BCUT2D eigenvalue weighted by Crippen LogP contribution is 2.25. The molecule has 1 amide bonds. The van der Waals surface area contributed by atoms with Crippen molar-refractivity contribution in [2.45, 2.75) is 50.7 Å². The maximum Gasteiger partial charge on any atom is 0.335 e. The van der Waals surface area contributed by atoms with Crippen LogP contribution in [0.3, 0.4) is 0 Å². The summed E-state index contributed by atoms with van der Waals surface area (Å²) >= 11 is 0. The van der Waals surface area contributed by atoms with E-state index in [9.17, 15) is 14.7 Å². The van der Waals surface area contributed by atoms with Gasteiger partial charge in [0.2, 0.25) is 5.91 Å². The Bertz CT molecular complexity index is 321. The van der Waals surface area contributed by atoms with Crippen molar-refractivity contribution in [2.75, 3.05) is 7.11 Å². The van der Waals surface area contributed by atoms with Gasteiger partial charge in [-0.25, -0.2) is 4.79 Å². The Kier molecular flexibility index (Phi) is 5.06. The number of methoxy groups -OCH3 is 1. The van der Waals surface area contributed by atoms with Crippen molar-refractivity contribution >= 4 is 11.9 Å². The van der Waals surface area contributed by atoms with Gasteiger partial charge in [0.05, 0.1) is 12.1 Å². The van der Waals surface area contributed by atoms with Crippen molar-refractivity contribution in [1.82, 2.24) is 5.32 Å². The lowest BCUT2D eigenvalue weighted by atomic mass is 9.91. The van der Waals surface area contributed by atoms with Crippen LogP contribution >= 0.6 is 0 Å². The standard InChI is InChI=1S/C11H19NO6/c1-4-6-7(12-5(2)13)8(14)9(17-3)10(18-6)11(15)16/h6-10,14H,4H2,1-3H3,(H,12,13)(H,15,16). The molecule has 1 fully saturated rings. The number of carboxylic acids is 1. The molecule has 1 heterocycles. The van der Waals surface area contributed by atoms with Crippen LogP contribution in [0.2, 0.25) is 0 Å². The molecule has 0 aromatic heterocycles. The Labute approximate surface area is 105 Å². The molecule has 5 atom stereocenters. The highest BCUT2D eigenvalue weighted by Gasteiger charge is 2.48. The summed E-state index contributed by atoms with van der Waals surface area (Å²) in [5, 5.41) is 21.7. The minimum atomic E-state index is -1.24. The number of hydrogen-bond acceptors (Lipinski definition) is 5. The minimum Gasteiger partial charge on any atom is -0.479 e. The van der Waals surface area contributed by atoms with E-state index in [0.29, 0.717) is 6.42 Å². The van der Waals surface area contributed by atoms with Crippen LogP contribution in [0.15, 0.2) is 0 Å². The lowest BCUT2D eigenvalue weighted by molar-refractivity contribution is -0.208. The van der Waals surface area contributed by atoms with Crippen LogP contribution in [0, 0.1) is 0 Å². The molecule has 1 rings (SSSR count). The fraction of sp³-hybridized carbons (Fsp3) is 0.818. The zero-order valence-corrected chi connectivity index (χ0v) is 10.6. The summed E-state index contributed by atoms with van der Waals surface area (Å²) in [5.74, 6) is -1.51. The molecule has 1 saturated heterocycles. The van der Waals surface area contributed by atoms with E-state index in [2.05, 4.69) is 5.32 Å². The largest absolute Gasteiger partial charge is 0.479 e. The highest BCUT2D eigenvalue weighted by atomic mass is 16.6. The van der Waals surface area contributed by atoms with E-state index in [0.717, 1.165) is 0 Å². The summed E-state index contributed by atoms with van der Waals surface area (Å²) in [6.07, 6.45) is -3.46. The minimum absolute atomic E-state index is 0.315. The van der Waals surface area contributed by atoms with E-state index >= 15 is 0 Å². The molecular formula is C11H19NO6. The van der Waals surface area contributed by atoms with E-state index in [1.54, 1.807) is 6.92 Å². The molecule has 1 aliphatic rings. The third-order valence-corrected chi connectivity index (χ3v) is 3.01. The number of nitrogens with one attached hydrogen (secondary N) is 1. The van der Waals surface area contributed by atoms with Crippen LogP contribution < -0.4 is 5.32 Å². The molecule has 0 aromatic carbocycles. The number of carbonyl (C=O) groups excluding carboxylic acids is 1. The van der Waals surface area contributed by atoms with Crippen LogP contribution in [0.1, 0.15) is 20.3 Å². The van der Waals surface area contributed by atoms with Gasteiger partial charge in [0.1, 0.15) is 12.2 Å². The first-order valence-electron chi connectivity index (χ1n) is 5.78. The first-order chi connectivity index (χ1) is 8.42. The third-order valence-electron chi connectivity index (χ3n) is 3.01. The summed E-state index contributed by atoms with van der Waals surface area (Å²) in [6, 6.07) is -0.673. The molecule has 3 N–H and O–H groups in total. The van der Waals surface area contributed by atoms with Gasteiger partial charge >= 0.3 is 5.97 Å². The zero-order chi connectivity index (χ0) is 13.9. The van der Waals surface area contributed by atoms with E-state index in [1.807, 2.05) is 0 Å². The topological polar surface area (TPSA) is 105 Å². The van der Waals surface area contributed by atoms with E-state index in [4.69, 9.17) is 14.6 Å². The molecule has 0 spiro atoms. The van der Waals surface area contributed by atoms with Crippen molar-refractivity contribution in [3.8, 4) is 0 Å². The molecule has 18 heavy (non-hydrogen) atoms. The number of carboxylic acid groups (broad SMARTS) is 1. The SMILES string of the molecule is CCC1OC(C(=O)O)C(OC)C(O)C1NC(C)=O.